The van der Waals surface area contributed by atoms with Crippen LogP contribution in [0.4, 0.5) is 0 Å². The molecular formula is C27H37ClN2O2. The van der Waals surface area contributed by atoms with Crippen LogP contribution < -0.4 is 4.74 Å². The highest BCUT2D eigenvalue weighted by atomic mass is 35.5. The zero-order chi connectivity index (χ0) is 23.3. The van der Waals surface area contributed by atoms with E-state index in [1.807, 2.05) is 32.0 Å². The summed E-state index contributed by atoms with van der Waals surface area (Å²) < 4.78 is 5.50. The highest BCUT2D eigenvalue weighted by Gasteiger charge is 2.36. The van der Waals surface area contributed by atoms with Crippen LogP contribution in [-0.4, -0.2) is 49.0 Å². The summed E-state index contributed by atoms with van der Waals surface area (Å²) in [6.07, 6.45) is 0. The molecule has 0 radical (unpaired) electrons. The molecule has 32 heavy (non-hydrogen) atoms. The van der Waals surface area contributed by atoms with Crippen molar-refractivity contribution >= 4 is 17.5 Å². The summed E-state index contributed by atoms with van der Waals surface area (Å²) in [6, 6.07) is 16.5. The first-order valence-electron chi connectivity index (χ1n) is 11.7. The van der Waals surface area contributed by atoms with Crippen LogP contribution in [-0.2, 0) is 11.3 Å². The van der Waals surface area contributed by atoms with E-state index < -0.39 is 0 Å². The van der Waals surface area contributed by atoms with E-state index in [-0.39, 0.29) is 11.8 Å². The maximum absolute atomic E-state index is 13.0. The molecule has 1 amide bonds. The number of likely N-dealkylation sites (tertiary alicyclic amines) is 1. The van der Waals surface area contributed by atoms with Crippen molar-refractivity contribution in [3.8, 4) is 5.75 Å². The van der Waals surface area contributed by atoms with E-state index in [9.17, 15) is 4.79 Å². The minimum atomic E-state index is 0.00981. The van der Waals surface area contributed by atoms with E-state index in [1.165, 1.54) is 11.1 Å². The molecule has 1 heterocycles. The number of hydrogen-bond acceptors (Lipinski definition) is 3. The average molecular weight is 457 g/mol. The molecule has 2 aromatic carbocycles. The van der Waals surface area contributed by atoms with Gasteiger partial charge in [-0.1, -0.05) is 63.6 Å². The van der Waals surface area contributed by atoms with Gasteiger partial charge in [0.1, 0.15) is 5.75 Å². The van der Waals surface area contributed by atoms with Gasteiger partial charge in [-0.3, -0.25) is 9.69 Å². The van der Waals surface area contributed by atoms with Crippen LogP contribution in [0.3, 0.4) is 0 Å². The molecule has 0 aliphatic carbocycles. The van der Waals surface area contributed by atoms with Crippen molar-refractivity contribution in [2.45, 2.75) is 40.2 Å². The van der Waals surface area contributed by atoms with Gasteiger partial charge in [-0.2, -0.15) is 0 Å². The third kappa shape index (κ3) is 6.49. The number of halogens is 1. The van der Waals surface area contributed by atoms with Crippen molar-refractivity contribution in [2.24, 2.45) is 17.8 Å². The Morgan fingerprint density at radius 2 is 1.84 bits per heavy atom. The van der Waals surface area contributed by atoms with Gasteiger partial charge in [0.25, 0.3) is 0 Å². The molecule has 0 aromatic heterocycles. The van der Waals surface area contributed by atoms with Crippen LogP contribution in [0.25, 0.3) is 0 Å². The van der Waals surface area contributed by atoms with E-state index in [0.717, 1.165) is 43.5 Å². The summed E-state index contributed by atoms with van der Waals surface area (Å²) in [5, 5.41) is 0.763. The van der Waals surface area contributed by atoms with E-state index in [2.05, 4.69) is 54.0 Å². The Hall–Kier alpha value is -2.04. The number of rotatable bonds is 9. The van der Waals surface area contributed by atoms with Gasteiger partial charge in [-0.15, -0.1) is 0 Å². The van der Waals surface area contributed by atoms with Gasteiger partial charge in [0.15, 0.2) is 0 Å². The molecule has 1 aliphatic heterocycles. The number of carbonyl (C=O) groups excluding carboxylic acids is 1. The lowest BCUT2D eigenvalue weighted by Gasteiger charge is -2.31. The van der Waals surface area contributed by atoms with Gasteiger partial charge < -0.3 is 9.64 Å². The SMILES string of the molecule is COc1cccc([C@@H]2CN(Cc3ccc(Cl)cc3)C[C@@H]2CN(CC(C)C)C(=O)C(C)C)c1. The Morgan fingerprint density at radius 1 is 1.12 bits per heavy atom. The van der Waals surface area contributed by atoms with Crippen LogP contribution in [0.2, 0.25) is 5.02 Å². The van der Waals surface area contributed by atoms with Crippen LogP contribution >= 0.6 is 11.6 Å². The van der Waals surface area contributed by atoms with Crippen LogP contribution in [0.5, 0.6) is 5.75 Å². The summed E-state index contributed by atoms with van der Waals surface area (Å²) in [7, 11) is 1.71. The predicted octanol–water partition coefficient (Wildman–Crippen LogP) is 5.70. The first-order chi connectivity index (χ1) is 15.3. The number of amides is 1. The quantitative estimate of drug-likeness (QED) is 0.484. The molecule has 3 rings (SSSR count). The minimum Gasteiger partial charge on any atom is -0.497 e. The molecule has 0 unspecified atom stereocenters. The van der Waals surface area contributed by atoms with Crippen LogP contribution in [0.15, 0.2) is 48.5 Å². The molecule has 4 nitrogen and oxygen atoms in total. The van der Waals surface area contributed by atoms with Gasteiger partial charge in [0.2, 0.25) is 5.91 Å². The summed E-state index contributed by atoms with van der Waals surface area (Å²) in [4.78, 5) is 17.6. The predicted molar refractivity (Wildman–Crippen MR) is 132 cm³/mol. The molecule has 1 fully saturated rings. The molecule has 1 aliphatic rings. The maximum Gasteiger partial charge on any atom is 0.225 e. The highest BCUT2D eigenvalue weighted by Crippen LogP contribution is 2.36. The fourth-order valence-electron chi connectivity index (χ4n) is 4.72. The smallest absolute Gasteiger partial charge is 0.225 e. The first-order valence-corrected chi connectivity index (χ1v) is 12.0. The normalized spacial score (nSPS) is 19.0. The molecule has 2 atom stereocenters. The molecule has 174 valence electrons. The maximum atomic E-state index is 13.0. The fourth-order valence-corrected chi connectivity index (χ4v) is 4.84. The summed E-state index contributed by atoms with van der Waals surface area (Å²) in [5.74, 6) is 2.31. The highest BCUT2D eigenvalue weighted by molar-refractivity contribution is 6.30. The van der Waals surface area contributed by atoms with Crippen molar-refractivity contribution in [3.05, 3.63) is 64.7 Å². The largest absolute Gasteiger partial charge is 0.497 e. The zero-order valence-electron chi connectivity index (χ0n) is 20.1. The van der Waals surface area contributed by atoms with E-state index >= 15 is 0 Å². The van der Waals surface area contributed by atoms with Crippen molar-refractivity contribution in [3.63, 3.8) is 0 Å². The second kappa shape index (κ2) is 11.2. The van der Waals surface area contributed by atoms with Gasteiger partial charge in [0, 0.05) is 49.6 Å². The Bertz CT molecular complexity index is 881. The number of methoxy groups -OCH3 is 1. The van der Waals surface area contributed by atoms with E-state index in [0.29, 0.717) is 17.8 Å². The van der Waals surface area contributed by atoms with Crippen molar-refractivity contribution in [1.29, 1.82) is 0 Å². The molecule has 0 saturated carbocycles. The average Bonchev–Trinajstić information content (AvgIpc) is 3.16. The monoisotopic (exact) mass is 456 g/mol. The standard InChI is InChI=1S/C27H37ClN2O2/c1-19(2)14-30(27(31)20(3)4)17-23-16-29(15-21-9-11-24(28)12-10-21)18-26(23)22-7-6-8-25(13-22)32-5/h6-13,19-20,23,26H,14-18H2,1-5H3/t23-,26+/m1/s1. The molecule has 0 N–H and O–H groups in total. The van der Waals surface area contributed by atoms with Crippen LogP contribution in [0, 0.1) is 17.8 Å². The number of benzene rings is 2. The van der Waals surface area contributed by atoms with Gasteiger partial charge in [-0.05, 0) is 47.2 Å². The summed E-state index contributed by atoms with van der Waals surface area (Å²) >= 11 is 6.07. The molecule has 0 spiro atoms. The van der Waals surface area contributed by atoms with Gasteiger partial charge in [-0.25, -0.2) is 0 Å². The van der Waals surface area contributed by atoms with Crippen molar-refractivity contribution < 1.29 is 9.53 Å². The fraction of sp³-hybridized carbons (Fsp3) is 0.519. The number of ether oxygens (including phenoxy) is 1. The summed E-state index contributed by atoms with van der Waals surface area (Å²) in [5.41, 5.74) is 2.55. The summed E-state index contributed by atoms with van der Waals surface area (Å²) in [6.45, 7) is 12.8. The molecular weight excluding hydrogens is 420 g/mol. The molecule has 1 saturated heterocycles. The minimum absolute atomic E-state index is 0.00981. The number of carbonyl (C=O) groups is 1. The van der Waals surface area contributed by atoms with Crippen molar-refractivity contribution in [1.82, 2.24) is 9.80 Å². The molecule has 2 aromatic rings. The Balaban J connectivity index is 1.84. The Morgan fingerprint density at radius 3 is 2.47 bits per heavy atom. The third-order valence-corrected chi connectivity index (χ3v) is 6.46. The molecule has 0 bridgehead atoms. The zero-order valence-corrected chi connectivity index (χ0v) is 20.8. The second-order valence-corrected chi connectivity index (χ2v) is 10.2. The Kier molecular flexibility index (Phi) is 8.61. The van der Waals surface area contributed by atoms with Gasteiger partial charge >= 0.3 is 0 Å². The lowest BCUT2D eigenvalue weighted by molar-refractivity contribution is -0.135. The second-order valence-electron chi connectivity index (χ2n) is 9.76. The van der Waals surface area contributed by atoms with E-state index in [1.54, 1.807) is 7.11 Å². The first kappa shape index (κ1) is 24.6. The number of hydrogen-bond donors (Lipinski definition) is 0. The molecule has 5 heteroatoms. The van der Waals surface area contributed by atoms with Gasteiger partial charge in [0.05, 0.1) is 7.11 Å². The number of nitrogens with zero attached hydrogens (tertiary/aromatic N) is 2. The lowest BCUT2D eigenvalue weighted by Crippen LogP contribution is -2.41. The van der Waals surface area contributed by atoms with Crippen LogP contribution in [0.1, 0.15) is 44.7 Å². The lowest BCUT2D eigenvalue weighted by atomic mass is 9.88. The Labute approximate surface area is 198 Å². The topological polar surface area (TPSA) is 32.8 Å². The van der Waals surface area contributed by atoms with E-state index in [4.69, 9.17) is 16.3 Å². The third-order valence-electron chi connectivity index (χ3n) is 6.20. The van der Waals surface area contributed by atoms with Crippen molar-refractivity contribution in [2.75, 3.05) is 33.3 Å².